The molecule has 0 unspecified atom stereocenters. The van der Waals surface area contributed by atoms with E-state index in [1.807, 2.05) is 0 Å². The van der Waals surface area contributed by atoms with E-state index in [0.29, 0.717) is 5.54 Å². The van der Waals surface area contributed by atoms with Gasteiger partial charge in [0.25, 0.3) is 0 Å². The van der Waals surface area contributed by atoms with Crippen LogP contribution >= 0.6 is 0 Å². The van der Waals surface area contributed by atoms with Crippen LogP contribution in [-0.4, -0.2) is 23.5 Å². The Bertz CT molecular complexity index is 251. The van der Waals surface area contributed by atoms with Gasteiger partial charge in [-0.1, -0.05) is 104 Å². The molecular formula is C22H45N. The average Bonchev–Trinajstić information content (AvgIpc) is 2.58. The van der Waals surface area contributed by atoms with Crippen molar-refractivity contribution in [2.24, 2.45) is 0 Å². The molecule has 1 saturated carbocycles. The zero-order chi connectivity index (χ0) is 16.8. The van der Waals surface area contributed by atoms with Gasteiger partial charge in [0.1, 0.15) is 0 Å². The first-order chi connectivity index (χ1) is 11.3. The summed E-state index contributed by atoms with van der Waals surface area (Å²) in [5, 5.41) is 0. The maximum Gasteiger partial charge on any atom is 0.0209 e. The van der Waals surface area contributed by atoms with E-state index in [4.69, 9.17) is 0 Å². The van der Waals surface area contributed by atoms with E-state index in [1.165, 1.54) is 116 Å². The number of nitrogens with zero attached hydrogens (tertiary/aromatic N) is 1. The lowest BCUT2D eigenvalue weighted by Gasteiger charge is -2.46. The molecule has 0 aromatic heterocycles. The van der Waals surface area contributed by atoms with Crippen molar-refractivity contribution in [2.45, 2.75) is 129 Å². The maximum atomic E-state index is 2.79. The van der Waals surface area contributed by atoms with Crippen LogP contribution in [0.4, 0.5) is 0 Å². The van der Waals surface area contributed by atoms with Crippen LogP contribution in [0.2, 0.25) is 0 Å². The summed E-state index contributed by atoms with van der Waals surface area (Å²) in [4.78, 5) is 2.79. The highest BCUT2D eigenvalue weighted by atomic mass is 15.2. The summed E-state index contributed by atoms with van der Waals surface area (Å²) < 4.78 is 0. The Morgan fingerprint density at radius 2 is 1.09 bits per heavy atom. The zero-order valence-electron chi connectivity index (χ0n) is 16.7. The van der Waals surface area contributed by atoms with Crippen LogP contribution in [0, 0.1) is 0 Å². The predicted molar refractivity (Wildman–Crippen MR) is 105 cm³/mol. The molecule has 1 aliphatic rings. The number of rotatable bonds is 14. The minimum Gasteiger partial charge on any atom is -0.298 e. The molecule has 1 fully saturated rings. The SMILES string of the molecule is CCCCCCCCCCCCC1(N(CC)CC)CCCCC1. The van der Waals surface area contributed by atoms with Gasteiger partial charge in [0.15, 0.2) is 0 Å². The summed E-state index contributed by atoms with van der Waals surface area (Å²) in [6.45, 7) is 9.51. The molecule has 0 aromatic carbocycles. The van der Waals surface area contributed by atoms with E-state index in [-0.39, 0.29) is 0 Å². The van der Waals surface area contributed by atoms with Crippen molar-refractivity contribution in [3.05, 3.63) is 0 Å². The summed E-state index contributed by atoms with van der Waals surface area (Å²) in [5.41, 5.74) is 0.571. The summed E-state index contributed by atoms with van der Waals surface area (Å²) in [6, 6.07) is 0. The molecule has 23 heavy (non-hydrogen) atoms. The summed E-state index contributed by atoms with van der Waals surface area (Å²) >= 11 is 0. The number of hydrogen-bond acceptors (Lipinski definition) is 1. The van der Waals surface area contributed by atoms with Gasteiger partial charge in [-0.15, -0.1) is 0 Å². The highest BCUT2D eigenvalue weighted by Crippen LogP contribution is 2.37. The van der Waals surface area contributed by atoms with Gasteiger partial charge in [0.05, 0.1) is 0 Å². The molecule has 1 nitrogen and oxygen atoms in total. The fourth-order valence-corrected chi connectivity index (χ4v) is 4.77. The smallest absolute Gasteiger partial charge is 0.0209 e. The minimum atomic E-state index is 0.571. The van der Waals surface area contributed by atoms with Gasteiger partial charge in [-0.2, -0.15) is 0 Å². The van der Waals surface area contributed by atoms with Crippen LogP contribution in [-0.2, 0) is 0 Å². The third-order valence-electron chi connectivity index (χ3n) is 6.21. The van der Waals surface area contributed by atoms with Gasteiger partial charge >= 0.3 is 0 Å². The van der Waals surface area contributed by atoms with Gasteiger partial charge < -0.3 is 0 Å². The van der Waals surface area contributed by atoms with Crippen LogP contribution in [0.25, 0.3) is 0 Å². The van der Waals surface area contributed by atoms with E-state index in [2.05, 4.69) is 25.7 Å². The normalized spacial score (nSPS) is 17.7. The van der Waals surface area contributed by atoms with Crippen molar-refractivity contribution >= 4 is 0 Å². The molecule has 0 radical (unpaired) electrons. The van der Waals surface area contributed by atoms with Crippen LogP contribution in [0.1, 0.15) is 124 Å². The molecule has 0 bridgehead atoms. The standard InChI is InChI=1S/C22H45N/c1-4-7-8-9-10-11-12-13-14-16-19-22(23(5-2)6-3)20-17-15-18-21-22/h4-21H2,1-3H3. The van der Waals surface area contributed by atoms with Crippen LogP contribution < -0.4 is 0 Å². The molecule has 0 aliphatic heterocycles. The lowest BCUT2D eigenvalue weighted by atomic mass is 9.76. The molecule has 0 saturated heterocycles. The summed E-state index contributed by atoms with van der Waals surface area (Å²) in [5.74, 6) is 0. The third-order valence-corrected chi connectivity index (χ3v) is 6.21. The van der Waals surface area contributed by atoms with Crippen LogP contribution in [0.5, 0.6) is 0 Å². The highest BCUT2D eigenvalue weighted by molar-refractivity contribution is 4.92. The van der Waals surface area contributed by atoms with E-state index in [0.717, 1.165) is 0 Å². The second-order valence-corrected chi connectivity index (χ2v) is 7.89. The summed E-state index contributed by atoms with van der Waals surface area (Å²) in [7, 11) is 0. The Balaban J connectivity index is 2.13. The minimum absolute atomic E-state index is 0.571. The zero-order valence-corrected chi connectivity index (χ0v) is 16.7. The second kappa shape index (κ2) is 13.3. The van der Waals surface area contributed by atoms with E-state index < -0.39 is 0 Å². The molecule has 1 heteroatoms. The highest BCUT2D eigenvalue weighted by Gasteiger charge is 2.35. The van der Waals surface area contributed by atoms with E-state index in [9.17, 15) is 0 Å². The van der Waals surface area contributed by atoms with Crippen molar-refractivity contribution in [1.82, 2.24) is 4.90 Å². The van der Waals surface area contributed by atoms with Gasteiger partial charge in [-0.25, -0.2) is 0 Å². The van der Waals surface area contributed by atoms with E-state index >= 15 is 0 Å². The van der Waals surface area contributed by atoms with E-state index in [1.54, 1.807) is 0 Å². The number of unbranched alkanes of at least 4 members (excludes halogenated alkanes) is 9. The molecular weight excluding hydrogens is 278 g/mol. The fraction of sp³-hybridized carbons (Fsp3) is 1.00. The quantitative estimate of drug-likeness (QED) is 0.302. The van der Waals surface area contributed by atoms with Gasteiger partial charge in [0.2, 0.25) is 0 Å². The average molecular weight is 324 g/mol. The Morgan fingerprint density at radius 1 is 0.609 bits per heavy atom. The van der Waals surface area contributed by atoms with Crippen molar-refractivity contribution in [3.63, 3.8) is 0 Å². The lowest BCUT2D eigenvalue weighted by Crippen LogP contribution is -2.49. The maximum absolute atomic E-state index is 2.79. The first-order valence-electron chi connectivity index (χ1n) is 11.0. The molecule has 0 aromatic rings. The van der Waals surface area contributed by atoms with Crippen LogP contribution in [0.3, 0.4) is 0 Å². The van der Waals surface area contributed by atoms with Gasteiger partial charge in [-0.3, -0.25) is 4.90 Å². The molecule has 138 valence electrons. The molecule has 1 aliphatic carbocycles. The second-order valence-electron chi connectivity index (χ2n) is 7.89. The third kappa shape index (κ3) is 8.05. The lowest BCUT2D eigenvalue weighted by molar-refractivity contribution is 0.0487. The molecule has 0 atom stereocenters. The monoisotopic (exact) mass is 323 g/mol. The van der Waals surface area contributed by atoms with Gasteiger partial charge in [-0.05, 0) is 32.4 Å². The Labute approximate surface area is 147 Å². The van der Waals surface area contributed by atoms with Crippen molar-refractivity contribution in [3.8, 4) is 0 Å². The molecule has 0 heterocycles. The molecule has 0 spiro atoms. The summed E-state index contributed by atoms with van der Waals surface area (Å²) in [6.07, 6.45) is 23.4. The predicted octanol–water partition coefficient (Wildman–Crippen LogP) is 7.34. The Morgan fingerprint density at radius 3 is 1.57 bits per heavy atom. The van der Waals surface area contributed by atoms with Crippen molar-refractivity contribution < 1.29 is 0 Å². The number of hydrogen-bond donors (Lipinski definition) is 0. The molecule has 0 N–H and O–H groups in total. The molecule has 0 amide bonds. The molecule has 1 rings (SSSR count). The van der Waals surface area contributed by atoms with Crippen molar-refractivity contribution in [2.75, 3.05) is 13.1 Å². The topological polar surface area (TPSA) is 3.24 Å². The van der Waals surface area contributed by atoms with Crippen molar-refractivity contribution in [1.29, 1.82) is 0 Å². The van der Waals surface area contributed by atoms with Crippen LogP contribution in [0.15, 0.2) is 0 Å². The van der Waals surface area contributed by atoms with Gasteiger partial charge in [0, 0.05) is 5.54 Å². The largest absolute Gasteiger partial charge is 0.298 e. The fourth-order valence-electron chi connectivity index (χ4n) is 4.77. The first kappa shape index (κ1) is 21.0. The Hall–Kier alpha value is -0.0400. The Kier molecular flexibility index (Phi) is 12.1. The first-order valence-corrected chi connectivity index (χ1v) is 11.0.